The van der Waals surface area contributed by atoms with Crippen LogP contribution in [0.1, 0.15) is 19.8 Å². The Morgan fingerprint density at radius 3 is 3.00 bits per heavy atom. The van der Waals surface area contributed by atoms with Crippen LogP contribution in [0.3, 0.4) is 0 Å². The first-order valence-corrected chi connectivity index (χ1v) is 5.84. The topological polar surface area (TPSA) is 59.0 Å². The quantitative estimate of drug-likeness (QED) is 0.778. The molecule has 0 atom stereocenters. The Balaban J connectivity index is 2.11. The molecule has 1 aromatic heterocycles. The van der Waals surface area contributed by atoms with Crippen molar-refractivity contribution in [3.63, 3.8) is 0 Å². The minimum absolute atomic E-state index is 0.0245. The van der Waals surface area contributed by atoms with Crippen molar-refractivity contribution in [1.29, 1.82) is 0 Å². The summed E-state index contributed by atoms with van der Waals surface area (Å²) in [5.74, 6) is 0.483. The molecule has 0 aromatic carbocycles. The molecule has 0 spiro atoms. The van der Waals surface area contributed by atoms with Crippen molar-refractivity contribution in [2.45, 2.75) is 32.4 Å². The molecule has 88 valence electrons. The predicted molar refractivity (Wildman–Crippen MR) is 63.7 cm³/mol. The molecule has 0 aliphatic carbocycles. The van der Waals surface area contributed by atoms with Gasteiger partial charge in [-0.3, -0.25) is 4.79 Å². The molecule has 0 amide bonds. The number of nitrogens with one attached hydrogen (secondary N) is 2. The third-order valence-corrected chi connectivity index (χ3v) is 2.93. The van der Waals surface area contributed by atoms with E-state index in [4.69, 9.17) is 0 Å². The third-order valence-electron chi connectivity index (χ3n) is 2.93. The summed E-state index contributed by atoms with van der Waals surface area (Å²) in [6.45, 7) is 4.65. The normalized spacial score (nSPS) is 17.3. The first kappa shape index (κ1) is 11.1. The van der Waals surface area contributed by atoms with Crippen LogP contribution in [0, 0.1) is 0 Å². The zero-order valence-corrected chi connectivity index (χ0v) is 9.57. The zero-order chi connectivity index (χ0) is 11.4. The summed E-state index contributed by atoms with van der Waals surface area (Å²) in [5.41, 5.74) is -0.0245. The summed E-state index contributed by atoms with van der Waals surface area (Å²) in [5, 5.41) is 6.53. The van der Waals surface area contributed by atoms with E-state index in [-0.39, 0.29) is 5.56 Å². The van der Waals surface area contributed by atoms with Crippen molar-refractivity contribution < 1.29 is 0 Å². The van der Waals surface area contributed by atoms with Crippen molar-refractivity contribution in [3.05, 3.63) is 22.7 Å². The van der Waals surface area contributed by atoms with Crippen LogP contribution in [0.5, 0.6) is 0 Å². The van der Waals surface area contributed by atoms with Gasteiger partial charge < -0.3 is 15.2 Å². The van der Waals surface area contributed by atoms with Crippen LogP contribution in [0.15, 0.2) is 17.2 Å². The maximum atomic E-state index is 11.9. The van der Waals surface area contributed by atoms with E-state index in [1.807, 2.05) is 6.92 Å². The van der Waals surface area contributed by atoms with E-state index in [9.17, 15) is 4.79 Å². The molecule has 0 radical (unpaired) electrons. The van der Waals surface area contributed by atoms with Crippen LogP contribution in [-0.4, -0.2) is 28.7 Å². The zero-order valence-electron chi connectivity index (χ0n) is 9.57. The summed E-state index contributed by atoms with van der Waals surface area (Å²) >= 11 is 0. The highest BCUT2D eigenvalue weighted by atomic mass is 16.1. The van der Waals surface area contributed by atoms with Gasteiger partial charge in [0.1, 0.15) is 0 Å². The van der Waals surface area contributed by atoms with Gasteiger partial charge >= 0.3 is 0 Å². The number of aryl methyl sites for hydroxylation is 1. The fraction of sp³-hybridized carbons (Fsp3) is 0.636. The average Bonchev–Trinajstić information content (AvgIpc) is 2.33. The first-order valence-electron chi connectivity index (χ1n) is 5.84. The number of hydrogen-bond donors (Lipinski definition) is 2. The molecule has 1 aliphatic heterocycles. The predicted octanol–water partition coefficient (Wildman–Crippen LogP) is 0.427. The number of rotatable bonds is 3. The lowest BCUT2D eigenvalue weighted by atomic mass is 10.1. The second-order valence-electron chi connectivity index (χ2n) is 4.04. The molecular formula is C11H18N4O. The molecule has 16 heavy (non-hydrogen) atoms. The lowest BCUT2D eigenvalue weighted by Crippen LogP contribution is -2.37. The molecule has 2 rings (SSSR count). The molecule has 2 heterocycles. The van der Waals surface area contributed by atoms with Gasteiger partial charge in [0.25, 0.3) is 5.56 Å². The lowest BCUT2D eigenvalue weighted by Gasteiger charge is -2.23. The van der Waals surface area contributed by atoms with Crippen LogP contribution in [-0.2, 0) is 6.54 Å². The van der Waals surface area contributed by atoms with Gasteiger partial charge in [0.05, 0.1) is 0 Å². The first-order chi connectivity index (χ1) is 7.81. The molecule has 0 unspecified atom stereocenters. The SMILES string of the molecule is CCn1ccnc(NC2CCNCC2)c1=O. The van der Waals surface area contributed by atoms with Gasteiger partial charge in [-0.05, 0) is 32.9 Å². The summed E-state index contributed by atoms with van der Waals surface area (Å²) in [6.07, 6.45) is 5.48. The van der Waals surface area contributed by atoms with Crippen LogP contribution in [0.25, 0.3) is 0 Å². The van der Waals surface area contributed by atoms with E-state index in [1.54, 1.807) is 17.0 Å². The van der Waals surface area contributed by atoms with E-state index >= 15 is 0 Å². The van der Waals surface area contributed by atoms with Gasteiger partial charge in [0.2, 0.25) is 0 Å². The molecular weight excluding hydrogens is 204 g/mol. The third kappa shape index (κ3) is 2.41. The largest absolute Gasteiger partial charge is 0.363 e. The number of hydrogen-bond acceptors (Lipinski definition) is 4. The fourth-order valence-corrected chi connectivity index (χ4v) is 1.95. The van der Waals surface area contributed by atoms with Gasteiger partial charge in [-0.1, -0.05) is 0 Å². The van der Waals surface area contributed by atoms with Crippen molar-refractivity contribution in [3.8, 4) is 0 Å². The Morgan fingerprint density at radius 2 is 2.31 bits per heavy atom. The number of piperidine rings is 1. The second-order valence-corrected chi connectivity index (χ2v) is 4.04. The molecule has 2 N–H and O–H groups in total. The highest BCUT2D eigenvalue weighted by Gasteiger charge is 2.14. The maximum absolute atomic E-state index is 11.9. The smallest absolute Gasteiger partial charge is 0.293 e. The lowest BCUT2D eigenvalue weighted by molar-refractivity contribution is 0.477. The Bertz CT molecular complexity index is 395. The van der Waals surface area contributed by atoms with E-state index < -0.39 is 0 Å². The Labute approximate surface area is 94.9 Å². The van der Waals surface area contributed by atoms with E-state index in [0.717, 1.165) is 25.9 Å². The maximum Gasteiger partial charge on any atom is 0.293 e. The van der Waals surface area contributed by atoms with E-state index in [0.29, 0.717) is 18.4 Å². The van der Waals surface area contributed by atoms with Crippen LogP contribution < -0.4 is 16.2 Å². The molecule has 0 bridgehead atoms. The number of nitrogens with zero attached hydrogens (tertiary/aromatic N) is 2. The monoisotopic (exact) mass is 222 g/mol. The molecule has 1 saturated heterocycles. The van der Waals surface area contributed by atoms with Crippen LogP contribution in [0.4, 0.5) is 5.82 Å². The van der Waals surface area contributed by atoms with Gasteiger partial charge in [0, 0.05) is 25.0 Å². The fourth-order valence-electron chi connectivity index (χ4n) is 1.95. The van der Waals surface area contributed by atoms with Gasteiger partial charge in [-0.25, -0.2) is 4.98 Å². The van der Waals surface area contributed by atoms with Crippen molar-refractivity contribution in [2.75, 3.05) is 18.4 Å². The highest BCUT2D eigenvalue weighted by Crippen LogP contribution is 2.07. The van der Waals surface area contributed by atoms with Gasteiger partial charge in [-0.2, -0.15) is 0 Å². The highest BCUT2D eigenvalue weighted by molar-refractivity contribution is 5.32. The molecule has 1 fully saturated rings. The van der Waals surface area contributed by atoms with E-state index in [1.165, 1.54) is 0 Å². The van der Waals surface area contributed by atoms with Crippen molar-refractivity contribution >= 4 is 5.82 Å². The molecule has 5 nitrogen and oxygen atoms in total. The summed E-state index contributed by atoms with van der Waals surface area (Å²) in [7, 11) is 0. The Morgan fingerprint density at radius 1 is 1.56 bits per heavy atom. The average molecular weight is 222 g/mol. The minimum atomic E-state index is -0.0245. The summed E-state index contributed by atoms with van der Waals surface area (Å²) in [6, 6.07) is 0.370. The van der Waals surface area contributed by atoms with E-state index in [2.05, 4.69) is 15.6 Å². The molecule has 1 aromatic rings. The van der Waals surface area contributed by atoms with Crippen LogP contribution >= 0.6 is 0 Å². The summed E-state index contributed by atoms with van der Waals surface area (Å²) in [4.78, 5) is 16.0. The number of aromatic nitrogens is 2. The van der Waals surface area contributed by atoms with Gasteiger partial charge in [-0.15, -0.1) is 0 Å². The summed E-state index contributed by atoms with van der Waals surface area (Å²) < 4.78 is 1.66. The standard InChI is InChI=1S/C11H18N4O/c1-2-15-8-7-13-10(11(15)16)14-9-3-5-12-6-4-9/h7-9,12H,2-6H2,1H3,(H,13,14). The second kappa shape index (κ2) is 5.12. The molecule has 5 heteroatoms. The van der Waals surface area contributed by atoms with Crippen LogP contribution in [0.2, 0.25) is 0 Å². The number of anilines is 1. The Hall–Kier alpha value is -1.36. The minimum Gasteiger partial charge on any atom is -0.363 e. The van der Waals surface area contributed by atoms with Crippen molar-refractivity contribution in [1.82, 2.24) is 14.9 Å². The Kier molecular flexibility index (Phi) is 3.56. The molecule has 0 saturated carbocycles. The molecule has 1 aliphatic rings. The van der Waals surface area contributed by atoms with Crippen molar-refractivity contribution in [2.24, 2.45) is 0 Å². The van der Waals surface area contributed by atoms with Gasteiger partial charge in [0.15, 0.2) is 5.82 Å².